The number of carboxylic acids is 3. The van der Waals surface area contributed by atoms with Crippen molar-refractivity contribution >= 4 is 41.5 Å². The Labute approximate surface area is 332 Å². The van der Waals surface area contributed by atoms with E-state index < -0.39 is 73.1 Å². The van der Waals surface area contributed by atoms with Crippen LogP contribution in [0.2, 0.25) is 0 Å². The minimum atomic E-state index is -1.65. The summed E-state index contributed by atoms with van der Waals surface area (Å²) in [7, 11) is 0. The molecule has 1 rings (SSSR count). The zero-order valence-electron chi connectivity index (χ0n) is 32.8. The average Bonchev–Trinajstić information content (AvgIpc) is 3.14. The Kier molecular flexibility index (Phi) is 26.1. The van der Waals surface area contributed by atoms with Crippen LogP contribution in [0.1, 0.15) is 51.9 Å². The quantitative estimate of drug-likeness (QED) is 0.0365. The van der Waals surface area contributed by atoms with Gasteiger partial charge >= 0.3 is 17.9 Å². The first-order valence-electron chi connectivity index (χ1n) is 19.3. The molecule has 0 aromatic heterocycles. The van der Waals surface area contributed by atoms with E-state index in [2.05, 4.69) is 21.3 Å². The summed E-state index contributed by atoms with van der Waals surface area (Å²) in [4.78, 5) is 92.9. The second kappa shape index (κ2) is 29.2. The van der Waals surface area contributed by atoms with Gasteiger partial charge in [-0.05, 0) is 19.3 Å². The van der Waals surface area contributed by atoms with E-state index in [1.807, 2.05) is 6.92 Å². The van der Waals surface area contributed by atoms with Crippen LogP contribution in [0.15, 0.2) is 0 Å². The van der Waals surface area contributed by atoms with Crippen molar-refractivity contribution in [1.29, 1.82) is 0 Å². The van der Waals surface area contributed by atoms with Gasteiger partial charge in [-0.1, -0.05) is 19.8 Å². The third-order valence-electron chi connectivity index (χ3n) is 9.16. The second-order valence-electron chi connectivity index (χ2n) is 14.0. The number of aliphatic hydroxyl groups is 4. The van der Waals surface area contributed by atoms with Crippen molar-refractivity contribution in [3.63, 3.8) is 0 Å². The number of carbonyl (C=O) groups excluding carboxylic acids is 4. The summed E-state index contributed by atoms with van der Waals surface area (Å²) in [6, 6.07) is -1.27. The lowest BCUT2D eigenvalue weighted by Gasteiger charge is -2.33. The molecule has 0 saturated carbocycles. The molecule has 1 aliphatic rings. The summed E-state index contributed by atoms with van der Waals surface area (Å²) in [6.45, 7) is 1.58. The lowest BCUT2D eigenvalue weighted by Crippen LogP contribution is -2.52. The van der Waals surface area contributed by atoms with Gasteiger partial charge in [0.2, 0.25) is 23.6 Å². The molecule has 0 radical (unpaired) electrons. The Morgan fingerprint density at radius 3 is 1.49 bits per heavy atom. The molecule has 4 atom stereocenters. The monoisotopic (exact) mass is 820 g/mol. The van der Waals surface area contributed by atoms with Gasteiger partial charge in [-0.25, -0.2) is 0 Å². The predicted octanol–water partition coefficient (Wildman–Crippen LogP) is -4.88. The number of hydrogen-bond donors (Lipinski definition) is 11. The molecule has 0 bridgehead atoms. The van der Waals surface area contributed by atoms with Crippen LogP contribution < -0.4 is 21.3 Å². The number of unbranched alkanes of at least 4 members (excludes halogenated alkanes) is 2. The Balaban J connectivity index is 3.09. The van der Waals surface area contributed by atoms with Gasteiger partial charge in [0.15, 0.2) is 0 Å². The van der Waals surface area contributed by atoms with E-state index in [1.54, 1.807) is 19.6 Å². The molecule has 0 spiro atoms. The Morgan fingerprint density at radius 1 is 0.561 bits per heavy atom. The maximum Gasteiger partial charge on any atom is 0.317 e. The van der Waals surface area contributed by atoms with Crippen molar-refractivity contribution in [3.05, 3.63) is 0 Å². The summed E-state index contributed by atoms with van der Waals surface area (Å²) in [5.74, 6) is -5.57. The molecule has 11 N–H and O–H groups in total. The van der Waals surface area contributed by atoms with Crippen LogP contribution in [0, 0.1) is 0 Å². The smallest absolute Gasteiger partial charge is 0.317 e. The Morgan fingerprint density at radius 2 is 1.04 bits per heavy atom. The van der Waals surface area contributed by atoms with Gasteiger partial charge in [0.05, 0.1) is 38.4 Å². The topological polar surface area (TPSA) is 322 Å². The van der Waals surface area contributed by atoms with Crippen molar-refractivity contribution in [2.24, 2.45) is 0 Å². The van der Waals surface area contributed by atoms with Gasteiger partial charge in [0, 0.05) is 91.4 Å². The number of aliphatic hydroxyl groups excluding tert-OH is 4. The van der Waals surface area contributed by atoms with Gasteiger partial charge < -0.3 is 57.0 Å². The standard InChI is InChI=1S/C35H64N8O14/c1-2-3-4-9-36-29(48)7-10-37-35(57)25(5-6-28(47)38-20-27(46)34(56)26(45)8-19-44)39-30(49)21-40-11-13-41(22-31(50)51)15-17-43(24-33(54)55)18-16-42(14-12-40)23-32(52)53/h25-27,34,44-46,56H,2-24H2,1H3,(H,36,48)(H,37,57)(H,38,47)(H,39,49)(H,50,51)(H,52,53)(H,54,55)/t25-,26?,27?,34?/m0/s1. The Hall–Kier alpha value is -4.03. The molecule has 0 aromatic rings. The lowest BCUT2D eigenvalue weighted by atomic mass is 10.1. The van der Waals surface area contributed by atoms with Crippen molar-refractivity contribution in [1.82, 2.24) is 40.9 Å². The van der Waals surface area contributed by atoms with Crippen LogP contribution in [0.3, 0.4) is 0 Å². The van der Waals surface area contributed by atoms with E-state index >= 15 is 0 Å². The molecule has 3 unspecified atom stereocenters. The number of carbonyl (C=O) groups is 7. The van der Waals surface area contributed by atoms with Crippen LogP contribution in [-0.4, -0.2) is 226 Å². The molecule has 22 nitrogen and oxygen atoms in total. The highest BCUT2D eigenvalue weighted by atomic mass is 16.4. The van der Waals surface area contributed by atoms with Gasteiger partial charge in [0.25, 0.3) is 0 Å². The fourth-order valence-corrected chi connectivity index (χ4v) is 5.87. The van der Waals surface area contributed by atoms with E-state index in [-0.39, 0.29) is 117 Å². The van der Waals surface area contributed by atoms with Gasteiger partial charge in [-0.3, -0.25) is 53.2 Å². The van der Waals surface area contributed by atoms with Crippen molar-refractivity contribution in [3.8, 4) is 0 Å². The summed E-state index contributed by atoms with van der Waals surface area (Å²) in [6.07, 6.45) is -2.70. The maximum atomic E-state index is 13.5. The minimum absolute atomic E-state index is 0.0388. The van der Waals surface area contributed by atoms with Crippen molar-refractivity contribution in [2.75, 3.05) is 105 Å². The van der Waals surface area contributed by atoms with Crippen LogP contribution in [0.4, 0.5) is 0 Å². The van der Waals surface area contributed by atoms with Gasteiger partial charge in [-0.15, -0.1) is 0 Å². The zero-order valence-corrected chi connectivity index (χ0v) is 32.8. The van der Waals surface area contributed by atoms with Crippen LogP contribution >= 0.6 is 0 Å². The molecular weight excluding hydrogens is 756 g/mol. The van der Waals surface area contributed by atoms with E-state index in [0.29, 0.717) is 6.54 Å². The number of carboxylic acid groups (broad SMARTS) is 3. The summed E-state index contributed by atoms with van der Waals surface area (Å²) < 4.78 is 0. The molecular formula is C35H64N8O14. The highest BCUT2D eigenvalue weighted by molar-refractivity contribution is 5.89. The first-order chi connectivity index (χ1) is 27.0. The van der Waals surface area contributed by atoms with E-state index in [1.165, 1.54) is 0 Å². The summed E-state index contributed by atoms with van der Waals surface area (Å²) >= 11 is 0. The minimum Gasteiger partial charge on any atom is -0.480 e. The average molecular weight is 821 g/mol. The first-order valence-corrected chi connectivity index (χ1v) is 19.3. The van der Waals surface area contributed by atoms with Crippen LogP contribution in [0.5, 0.6) is 0 Å². The second-order valence-corrected chi connectivity index (χ2v) is 14.0. The number of nitrogens with one attached hydrogen (secondary N) is 4. The SMILES string of the molecule is CCCCCNC(=O)CCNC(=O)[C@H](CCC(=O)NCC(O)C(O)C(O)CCO)NC(=O)CN1CCN(CC(=O)O)CCN(CC(=O)O)CCN(CC(=O)O)CC1. The van der Waals surface area contributed by atoms with E-state index in [4.69, 9.17) is 5.11 Å². The number of amides is 4. The normalized spacial score (nSPS) is 17.5. The molecule has 4 amide bonds. The van der Waals surface area contributed by atoms with Crippen LogP contribution in [0.25, 0.3) is 0 Å². The highest BCUT2D eigenvalue weighted by Gasteiger charge is 2.27. The summed E-state index contributed by atoms with van der Waals surface area (Å²) in [5, 5.41) is 77.6. The summed E-state index contributed by atoms with van der Waals surface area (Å²) in [5.41, 5.74) is 0. The number of hydrogen-bond acceptors (Lipinski definition) is 15. The van der Waals surface area contributed by atoms with Gasteiger partial charge in [0.1, 0.15) is 12.1 Å². The van der Waals surface area contributed by atoms with E-state index in [9.17, 15) is 64.2 Å². The van der Waals surface area contributed by atoms with Crippen LogP contribution in [-0.2, 0) is 33.6 Å². The predicted molar refractivity (Wildman–Crippen MR) is 203 cm³/mol. The molecule has 0 aliphatic carbocycles. The third-order valence-corrected chi connectivity index (χ3v) is 9.16. The molecule has 1 heterocycles. The van der Waals surface area contributed by atoms with Gasteiger partial charge in [-0.2, -0.15) is 0 Å². The first kappa shape index (κ1) is 51.0. The van der Waals surface area contributed by atoms with Crippen molar-refractivity contribution in [2.45, 2.75) is 76.2 Å². The van der Waals surface area contributed by atoms with E-state index in [0.717, 1.165) is 19.3 Å². The fourth-order valence-electron chi connectivity index (χ4n) is 5.87. The molecule has 328 valence electrons. The number of aliphatic carboxylic acids is 3. The molecule has 1 fully saturated rings. The molecule has 1 aliphatic heterocycles. The lowest BCUT2D eigenvalue weighted by molar-refractivity contribution is -0.140. The largest absolute Gasteiger partial charge is 0.480 e. The Bertz CT molecular complexity index is 1230. The fraction of sp³-hybridized carbons (Fsp3) is 0.800. The number of nitrogens with zero attached hydrogens (tertiary/aromatic N) is 4. The highest BCUT2D eigenvalue weighted by Crippen LogP contribution is 2.06. The molecule has 22 heteroatoms. The molecule has 0 aromatic carbocycles. The third kappa shape index (κ3) is 24.4. The number of rotatable bonds is 26. The van der Waals surface area contributed by atoms with Crippen molar-refractivity contribution < 1.29 is 69.3 Å². The molecule has 1 saturated heterocycles. The maximum absolute atomic E-state index is 13.5. The molecule has 57 heavy (non-hydrogen) atoms. The zero-order chi connectivity index (χ0) is 42.8.